The minimum Gasteiger partial charge on any atom is -0.199 e. The van der Waals surface area contributed by atoms with Gasteiger partial charge in [0, 0.05) is 24.5 Å². The number of aryl methyl sites for hydroxylation is 2. The lowest BCUT2D eigenvalue weighted by Crippen LogP contribution is -2.35. The summed E-state index contributed by atoms with van der Waals surface area (Å²) in [5, 5.41) is 0. The Morgan fingerprint density at radius 2 is 1.54 bits per heavy atom. The molecule has 0 N–H and O–H groups in total. The fourth-order valence-corrected chi connectivity index (χ4v) is 4.25. The van der Waals surface area contributed by atoms with Gasteiger partial charge in [0.25, 0.3) is 0 Å². The lowest BCUT2D eigenvalue weighted by Gasteiger charge is -2.24. The van der Waals surface area contributed by atoms with Crippen molar-refractivity contribution in [2.75, 3.05) is 0 Å². The minimum absolute atomic E-state index is 0.0179. The molecule has 0 amide bonds. The highest BCUT2D eigenvalue weighted by Crippen LogP contribution is 2.52. The van der Waals surface area contributed by atoms with Crippen LogP contribution in [0, 0.1) is 13.8 Å². The average molecular weight is 314 g/mol. The van der Waals surface area contributed by atoms with Crippen molar-refractivity contribution in [2.24, 2.45) is 7.05 Å². The molecule has 0 spiro atoms. The molecule has 2 aromatic carbocycles. The summed E-state index contributed by atoms with van der Waals surface area (Å²) in [4.78, 5) is 0. The van der Waals surface area contributed by atoms with Crippen LogP contribution >= 0.6 is 0 Å². The van der Waals surface area contributed by atoms with Gasteiger partial charge in [-0.1, -0.05) is 50.2 Å². The summed E-state index contributed by atoms with van der Waals surface area (Å²) in [5.74, 6) is 0. The van der Waals surface area contributed by atoms with Crippen molar-refractivity contribution in [3.8, 4) is 22.4 Å². The van der Waals surface area contributed by atoms with Gasteiger partial charge in [-0.2, -0.15) is 4.57 Å². The molecule has 0 aliphatic heterocycles. The second-order valence-electron chi connectivity index (χ2n) is 7.46. The van der Waals surface area contributed by atoms with Crippen LogP contribution in [0.5, 0.6) is 0 Å². The van der Waals surface area contributed by atoms with Crippen LogP contribution in [0.4, 0.5) is 0 Å². The Morgan fingerprint density at radius 1 is 0.792 bits per heavy atom. The number of hydrogen-bond donors (Lipinski definition) is 0. The molecule has 1 aliphatic rings. The number of aromatic nitrogens is 1. The topological polar surface area (TPSA) is 3.88 Å². The molecule has 0 saturated heterocycles. The molecular formula is C23H24N+. The van der Waals surface area contributed by atoms with Gasteiger partial charge in [-0.05, 0) is 40.8 Å². The van der Waals surface area contributed by atoms with E-state index in [0.29, 0.717) is 0 Å². The number of nitrogens with zero attached hydrogens (tertiary/aromatic N) is 1. The van der Waals surface area contributed by atoms with Crippen LogP contribution in [0.25, 0.3) is 22.4 Å². The maximum Gasteiger partial charge on any atom is 0.213 e. The number of benzene rings is 2. The van der Waals surface area contributed by atoms with Crippen molar-refractivity contribution in [3.63, 3.8) is 0 Å². The molecule has 1 aliphatic carbocycles. The lowest BCUT2D eigenvalue weighted by molar-refractivity contribution is -0.666. The van der Waals surface area contributed by atoms with Gasteiger partial charge in [0.15, 0.2) is 5.69 Å². The third-order valence-corrected chi connectivity index (χ3v) is 5.67. The van der Waals surface area contributed by atoms with E-state index in [1.54, 1.807) is 0 Å². The predicted molar refractivity (Wildman–Crippen MR) is 100 cm³/mol. The number of rotatable bonds is 1. The van der Waals surface area contributed by atoms with E-state index in [4.69, 9.17) is 0 Å². The maximum atomic E-state index is 2.36. The highest BCUT2D eigenvalue weighted by molar-refractivity contribution is 5.88. The van der Waals surface area contributed by atoms with Gasteiger partial charge < -0.3 is 0 Å². The Kier molecular flexibility index (Phi) is 3.18. The van der Waals surface area contributed by atoms with Crippen molar-refractivity contribution in [1.82, 2.24) is 0 Å². The largest absolute Gasteiger partial charge is 0.213 e. The van der Waals surface area contributed by atoms with Gasteiger partial charge in [-0.3, -0.25) is 0 Å². The van der Waals surface area contributed by atoms with Gasteiger partial charge in [-0.15, -0.1) is 0 Å². The SMILES string of the molecule is Cc1ccc2c(c1-c1cccc(C)[n+]1C)C(C)(C)c1ccccc1-2. The van der Waals surface area contributed by atoms with E-state index in [0.717, 1.165) is 0 Å². The first kappa shape index (κ1) is 15.1. The molecule has 3 aromatic rings. The Hall–Kier alpha value is -2.41. The molecule has 0 unspecified atom stereocenters. The van der Waals surface area contributed by atoms with Crippen LogP contribution in [0.1, 0.15) is 36.2 Å². The molecule has 4 rings (SSSR count). The van der Waals surface area contributed by atoms with Crippen LogP contribution < -0.4 is 4.57 Å². The molecule has 1 aromatic heterocycles. The highest BCUT2D eigenvalue weighted by atomic mass is 14.9. The zero-order valence-corrected chi connectivity index (χ0v) is 15.1. The van der Waals surface area contributed by atoms with Crippen molar-refractivity contribution < 1.29 is 4.57 Å². The smallest absolute Gasteiger partial charge is 0.199 e. The predicted octanol–water partition coefficient (Wildman–Crippen LogP) is 5.10. The van der Waals surface area contributed by atoms with Crippen molar-refractivity contribution in [3.05, 3.63) is 77.0 Å². The molecule has 0 bridgehead atoms. The summed E-state index contributed by atoms with van der Waals surface area (Å²) in [6.45, 7) is 9.12. The Morgan fingerprint density at radius 3 is 2.33 bits per heavy atom. The monoisotopic (exact) mass is 314 g/mol. The molecule has 0 saturated carbocycles. The summed E-state index contributed by atoms with van der Waals surface area (Å²) in [7, 11) is 2.17. The summed E-state index contributed by atoms with van der Waals surface area (Å²) < 4.78 is 2.31. The molecular weight excluding hydrogens is 290 g/mol. The molecule has 1 heterocycles. The zero-order valence-electron chi connectivity index (χ0n) is 15.1. The number of fused-ring (bicyclic) bond motifs is 3. The normalized spacial score (nSPS) is 14.4. The van der Waals surface area contributed by atoms with Gasteiger partial charge in [0.2, 0.25) is 5.69 Å². The van der Waals surface area contributed by atoms with E-state index < -0.39 is 0 Å². The van der Waals surface area contributed by atoms with E-state index in [-0.39, 0.29) is 5.41 Å². The third kappa shape index (κ3) is 1.91. The van der Waals surface area contributed by atoms with Crippen molar-refractivity contribution >= 4 is 0 Å². The molecule has 0 atom stereocenters. The first-order valence-corrected chi connectivity index (χ1v) is 8.63. The molecule has 24 heavy (non-hydrogen) atoms. The second-order valence-corrected chi connectivity index (χ2v) is 7.46. The fraction of sp³-hybridized carbons (Fsp3) is 0.261. The van der Waals surface area contributed by atoms with Crippen LogP contribution in [0.2, 0.25) is 0 Å². The molecule has 0 fully saturated rings. The first-order valence-electron chi connectivity index (χ1n) is 8.63. The number of hydrogen-bond acceptors (Lipinski definition) is 0. The van der Waals surface area contributed by atoms with Gasteiger partial charge in [-0.25, -0.2) is 0 Å². The van der Waals surface area contributed by atoms with Gasteiger partial charge in [0.1, 0.15) is 7.05 Å². The van der Waals surface area contributed by atoms with E-state index in [2.05, 4.69) is 93.9 Å². The van der Waals surface area contributed by atoms with E-state index in [1.165, 1.54) is 44.8 Å². The van der Waals surface area contributed by atoms with Crippen molar-refractivity contribution in [1.29, 1.82) is 0 Å². The molecule has 1 nitrogen and oxygen atoms in total. The summed E-state index contributed by atoms with van der Waals surface area (Å²) in [5.41, 5.74) is 11.0. The Labute approximate surface area is 144 Å². The van der Waals surface area contributed by atoms with Crippen LogP contribution in [-0.4, -0.2) is 0 Å². The Balaban J connectivity index is 2.12. The highest BCUT2D eigenvalue weighted by Gasteiger charge is 2.39. The molecule has 1 heteroatoms. The van der Waals surface area contributed by atoms with E-state index in [9.17, 15) is 0 Å². The van der Waals surface area contributed by atoms with Crippen LogP contribution in [0.3, 0.4) is 0 Å². The summed E-state index contributed by atoms with van der Waals surface area (Å²) >= 11 is 0. The first-order chi connectivity index (χ1) is 11.4. The molecule has 0 radical (unpaired) electrons. The van der Waals surface area contributed by atoms with Crippen LogP contribution in [0.15, 0.2) is 54.6 Å². The van der Waals surface area contributed by atoms with Crippen molar-refractivity contribution in [2.45, 2.75) is 33.1 Å². The quantitative estimate of drug-likeness (QED) is 0.550. The molecule has 120 valence electrons. The van der Waals surface area contributed by atoms with Gasteiger partial charge >= 0.3 is 0 Å². The summed E-state index contributed by atoms with van der Waals surface area (Å²) in [6.07, 6.45) is 0. The lowest BCUT2D eigenvalue weighted by atomic mass is 9.78. The number of pyridine rings is 1. The summed E-state index contributed by atoms with van der Waals surface area (Å²) in [6, 6.07) is 20.0. The average Bonchev–Trinajstić information content (AvgIpc) is 2.79. The second kappa shape index (κ2) is 5.04. The fourth-order valence-electron chi connectivity index (χ4n) is 4.25. The van der Waals surface area contributed by atoms with E-state index in [1.807, 2.05) is 0 Å². The van der Waals surface area contributed by atoms with Crippen LogP contribution in [-0.2, 0) is 12.5 Å². The zero-order chi connectivity index (χ0) is 17.1. The third-order valence-electron chi connectivity index (χ3n) is 5.67. The maximum absolute atomic E-state index is 2.36. The standard InChI is InChI=1S/C23H24N/c1-15-13-14-18-17-10-6-7-11-19(17)23(3,4)22(18)21(15)20-12-8-9-16(2)24(20)5/h6-14H,1-5H3/q+1. The van der Waals surface area contributed by atoms with Gasteiger partial charge in [0.05, 0.1) is 5.56 Å². The minimum atomic E-state index is 0.0179. The van der Waals surface area contributed by atoms with E-state index >= 15 is 0 Å². The Bertz CT molecular complexity index is 964.